The molecule has 0 bridgehead atoms. The van der Waals surface area contributed by atoms with Crippen LogP contribution in [0.2, 0.25) is 0 Å². The molecule has 2 N–H and O–H groups in total. The molecule has 0 saturated heterocycles. The van der Waals surface area contributed by atoms with Gasteiger partial charge in [-0.25, -0.2) is 0 Å². The van der Waals surface area contributed by atoms with Crippen LogP contribution in [0, 0.1) is 11.8 Å². The molecule has 0 spiro atoms. The Bertz CT molecular complexity index is 226. The van der Waals surface area contributed by atoms with E-state index in [1.54, 1.807) is 0 Å². The van der Waals surface area contributed by atoms with Gasteiger partial charge in [0, 0.05) is 13.0 Å². The number of aliphatic carboxylic acids is 1. The Kier molecular flexibility index (Phi) is 7.60. The van der Waals surface area contributed by atoms with Gasteiger partial charge < -0.3 is 10.4 Å². The summed E-state index contributed by atoms with van der Waals surface area (Å²) < 4.78 is 0. The van der Waals surface area contributed by atoms with E-state index in [9.17, 15) is 9.59 Å². The Labute approximate surface area is 97.4 Å². The second-order valence-corrected chi connectivity index (χ2v) is 4.56. The highest BCUT2D eigenvalue weighted by Crippen LogP contribution is 2.06. The highest BCUT2D eigenvalue weighted by atomic mass is 16.4. The van der Waals surface area contributed by atoms with Gasteiger partial charge in [0.1, 0.15) is 0 Å². The summed E-state index contributed by atoms with van der Waals surface area (Å²) in [5, 5.41) is 11.6. The van der Waals surface area contributed by atoms with Crippen molar-refractivity contribution in [2.24, 2.45) is 11.8 Å². The molecular weight excluding hydrogens is 206 g/mol. The van der Waals surface area contributed by atoms with Gasteiger partial charge in [-0.1, -0.05) is 27.2 Å². The third-order valence-corrected chi connectivity index (χ3v) is 2.48. The molecule has 0 aromatic carbocycles. The molecule has 0 aliphatic carbocycles. The lowest BCUT2D eigenvalue weighted by Crippen LogP contribution is -2.32. The molecule has 94 valence electrons. The summed E-state index contributed by atoms with van der Waals surface area (Å²) in [5.41, 5.74) is 0. The minimum atomic E-state index is -0.828. The third kappa shape index (κ3) is 7.26. The lowest BCUT2D eigenvalue weighted by molar-refractivity contribution is -0.141. The van der Waals surface area contributed by atoms with Gasteiger partial charge in [0.25, 0.3) is 0 Å². The van der Waals surface area contributed by atoms with Crippen molar-refractivity contribution < 1.29 is 14.7 Å². The van der Waals surface area contributed by atoms with Crippen LogP contribution in [0.5, 0.6) is 0 Å². The number of carbonyl (C=O) groups excluding carboxylic acids is 1. The van der Waals surface area contributed by atoms with Crippen LogP contribution in [0.25, 0.3) is 0 Å². The second kappa shape index (κ2) is 8.13. The first-order valence-corrected chi connectivity index (χ1v) is 5.96. The first-order chi connectivity index (χ1) is 7.47. The highest BCUT2D eigenvalue weighted by Gasteiger charge is 2.16. The lowest BCUT2D eigenvalue weighted by atomic mass is 10.0. The largest absolute Gasteiger partial charge is 0.481 e. The Morgan fingerprint density at radius 1 is 1.25 bits per heavy atom. The summed E-state index contributed by atoms with van der Waals surface area (Å²) in [4.78, 5) is 22.2. The molecule has 16 heavy (non-hydrogen) atoms. The molecule has 4 heteroatoms. The van der Waals surface area contributed by atoms with Gasteiger partial charge in [0.15, 0.2) is 0 Å². The molecule has 0 aromatic rings. The maximum atomic E-state index is 11.4. The number of nitrogens with one attached hydrogen (secondary N) is 1. The number of hydrogen-bond donors (Lipinski definition) is 2. The topological polar surface area (TPSA) is 66.4 Å². The molecular formula is C12H23NO3. The maximum Gasteiger partial charge on any atom is 0.308 e. The standard InChI is InChI=1S/C12H23NO3/c1-4-5-10(12(15)16)8-13-11(14)7-6-9(2)3/h9-10H,4-8H2,1-3H3,(H,13,14)(H,15,16). The van der Waals surface area contributed by atoms with Crippen LogP contribution in [0.3, 0.4) is 0 Å². The minimum absolute atomic E-state index is 0.0453. The fraction of sp³-hybridized carbons (Fsp3) is 0.833. The van der Waals surface area contributed by atoms with E-state index in [0.717, 1.165) is 12.8 Å². The molecule has 0 rings (SSSR count). The molecule has 0 aliphatic heterocycles. The Morgan fingerprint density at radius 3 is 2.31 bits per heavy atom. The molecule has 0 aromatic heterocycles. The Balaban J connectivity index is 3.82. The van der Waals surface area contributed by atoms with Crippen molar-refractivity contribution in [3.8, 4) is 0 Å². The van der Waals surface area contributed by atoms with Crippen LogP contribution in [-0.2, 0) is 9.59 Å². The van der Waals surface area contributed by atoms with Crippen molar-refractivity contribution in [1.29, 1.82) is 0 Å². The quantitative estimate of drug-likeness (QED) is 0.669. The van der Waals surface area contributed by atoms with Crippen LogP contribution < -0.4 is 5.32 Å². The van der Waals surface area contributed by atoms with E-state index in [4.69, 9.17) is 5.11 Å². The Morgan fingerprint density at radius 2 is 1.88 bits per heavy atom. The van der Waals surface area contributed by atoms with Gasteiger partial charge >= 0.3 is 5.97 Å². The van der Waals surface area contributed by atoms with Crippen molar-refractivity contribution in [2.75, 3.05) is 6.54 Å². The van der Waals surface area contributed by atoms with Crippen molar-refractivity contribution in [1.82, 2.24) is 5.32 Å². The lowest BCUT2D eigenvalue weighted by Gasteiger charge is -2.12. The zero-order valence-electron chi connectivity index (χ0n) is 10.5. The maximum absolute atomic E-state index is 11.4. The summed E-state index contributed by atoms with van der Waals surface area (Å²) >= 11 is 0. The third-order valence-electron chi connectivity index (χ3n) is 2.48. The highest BCUT2D eigenvalue weighted by molar-refractivity contribution is 5.77. The van der Waals surface area contributed by atoms with Crippen molar-refractivity contribution in [3.05, 3.63) is 0 Å². The van der Waals surface area contributed by atoms with Crippen LogP contribution in [-0.4, -0.2) is 23.5 Å². The first-order valence-electron chi connectivity index (χ1n) is 5.96. The summed E-state index contributed by atoms with van der Waals surface area (Å²) in [6.45, 7) is 6.31. The molecule has 1 amide bonds. The molecule has 0 heterocycles. The fourth-order valence-electron chi connectivity index (χ4n) is 1.41. The van der Waals surface area contributed by atoms with Crippen LogP contribution in [0.15, 0.2) is 0 Å². The predicted molar refractivity (Wildman–Crippen MR) is 63.1 cm³/mol. The van der Waals surface area contributed by atoms with Gasteiger partial charge in [0.2, 0.25) is 5.91 Å². The number of rotatable bonds is 8. The van der Waals surface area contributed by atoms with Gasteiger partial charge in [0.05, 0.1) is 5.92 Å². The van der Waals surface area contributed by atoms with Crippen LogP contribution in [0.4, 0.5) is 0 Å². The van der Waals surface area contributed by atoms with Gasteiger partial charge in [-0.2, -0.15) is 0 Å². The number of carboxylic acid groups (broad SMARTS) is 1. The van der Waals surface area contributed by atoms with Crippen LogP contribution >= 0.6 is 0 Å². The number of amides is 1. The van der Waals surface area contributed by atoms with Gasteiger partial charge in [-0.05, 0) is 18.8 Å². The number of carboxylic acids is 1. The van der Waals surface area contributed by atoms with E-state index in [1.807, 2.05) is 6.92 Å². The van der Waals surface area contributed by atoms with Crippen molar-refractivity contribution >= 4 is 11.9 Å². The van der Waals surface area contributed by atoms with Crippen molar-refractivity contribution in [3.63, 3.8) is 0 Å². The number of hydrogen-bond acceptors (Lipinski definition) is 2. The molecule has 1 atom stereocenters. The second-order valence-electron chi connectivity index (χ2n) is 4.56. The van der Waals surface area contributed by atoms with E-state index in [2.05, 4.69) is 19.2 Å². The summed E-state index contributed by atoms with van der Waals surface area (Å²) in [6.07, 6.45) is 2.76. The average Bonchev–Trinajstić information content (AvgIpc) is 2.20. The molecule has 4 nitrogen and oxygen atoms in total. The number of carbonyl (C=O) groups is 2. The molecule has 0 radical (unpaired) electrons. The van der Waals surface area contributed by atoms with Gasteiger partial charge in [-0.3, -0.25) is 9.59 Å². The average molecular weight is 229 g/mol. The summed E-state index contributed by atoms with van der Waals surface area (Å²) in [6, 6.07) is 0. The molecule has 1 unspecified atom stereocenters. The monoisotopic (exact) mass is 229 g/mol. The zero-order valence-corrected chi connectivity index (χ0v) is 10.5. The smallest absolute Gasteiger partial charge is 0.308 e. The molecule has 0 aliphatic rings. The van der Waals surface area contributed by atoms with E-state index in [-0.39, 0.29) is 12.5 Å². The summed E-state index contributed by atoms with van der Waals surface area (Å²) in [5.74, 6) is -0.827. The van der Waals surface area contributed by atoms with Crippen LogP contribution in [0.1, 0.15) is 46.5 Å². The Hall–Kier alpha value is -1.06. The predicted octanol–water partition coefficient (Wildman–Crippen LogP) is 2.04. The molecule has 0 saturated carbocycles. The SMILES string of the molecule is CCCC(CNC(=O)CCC(C)C)C(=O)O. The normalized spacial score (nSPS) is 12.5. The van der Waals surface area contributed by atoms with Crippen molar-refractivity contribution in [2.45, 2.75) is 46.5 Å². The minimum Gasteiger partial charge on any atom is -0.481 e. The van der Waals surface area contributed by atoms with E-state index >= 15 is 0 Å². The van der Waals surface area contributed by atoms with E-state index in [1.165, 1.54) is 0 Å². The first kappa shape index (κ1) is 14.9. The fourth-order valence-corrected chi connectivity index (χ4v) is 1.41. The van der Waals surface area contributed by atoms with Gasteiger partial charge in [-0.15, -0.1) is 0 Å². The van der Waals surface area contributed by atoms with E-state index < -0.39 is 11.9 Å². The molecule has 0 fully saturated rings. The zero-order chi connectivity index (χ0) is 12.6. The summed E-state index contributed by atoms with van der Waals surface area (Å²) in [7, 11) is 0. The van der Waals surface area contributed by atoms with E-state index in [0.29, 0.717) is 18.8 Å².